The van der Waals surface area contributed by atoms with Gasteiger partial charge >= 0.3 is 5.97 Å². The first-order chi connectivity index (χ1) is 9.38. The van der Waals surface area contributed by atoms with Crippen molar-refractivity contribution in [1.29, 1.82) is 0 Å². The fraction of sp³-hybridized carbons (Fsp3) is 0.462. The third kappa shape index (κ3) is 2.88. The van der Waals surface area contributed by atoms with Crippen molar-refractivity contribution in [2.75, 3.05) is 18.0 Å². The molecular weight excluding hydrogens is 264 g/mol. The van der Waals surface area contributed by atoms with E-state index in [2.05, 4.69) is 0 Å². The van der Waals surface area contributed by atoms with Gasteiger partial charge in [-0.25, -0.2) is 4.79 Å². The molecule has 1 fully saturated rings. The summed E-state index contributed by atoms with van der Waals surface area (Å²) < 4.78 is 5.61. The van der Waals surface area contributed by atoms with Crippen LogP contribution >= 0.6 is 0 Å². The topological polar surface area (TPSA) is 92.9 Å². The third-order valence-electron chi connectivity index (χ3n) is 3.19. The lowest BCUT2D eigenvalue weighted by Crippen LogP contribution is -2.45. The second-order valence-electron chi connectivity index (χ2n) is 4.93. The van der Waals surface area contributed by atoms with E-state index in [0.29, 0.717) is 18.8 Å². The van der Waals surface area contributed by atoms with Crippen LogP contribution in [0.5, 0.6) is 0 Å². The predicted molar refractivity (Wildman–Crippen MR) is 72.3 cm³/mol. The summed E-state index contributed by atoms with van der Waals surface area (Å²) in [6.45, 7) is 5.10. The molecule has 1 aromatic carbocycles. The molecule has 2 rings (SSSR count). The molecule has 7 heteroatoms. The summed E-state index contributed by atoms with van der Waals surface area (Å²) in [5.74, 6) is -1.30. The zero-order chi connectivity index (χ0) is 14.9. The van der Waals surface area contributed by atoms with Gasteiger partial charge < -0.3 is 14.7 Å². The number of morpholine rings is 1. The number of carbonyl (C=O) groups is 1. The van der Waals surface area contributed by atoms with Crippen molar-refractivity contribution >= 4 is 17.3 Å². The number of hydrogen-bond acceptors (Lipinski definition) is 5. The molecule has 0 saturated carbocycles. The first-order valence-corrected chi connectivity index (χ1v) is 6.30. The number of nitro benzene ring substituents is 1. The molecule has 1 saturated heterocycles. The number of rotatable bonds is 3. The molecule has 0 radical (unpaired) electrons. The van der Waals surface area contributed by atoms with Gasteiger partial charge in [0.25, 0.3) is 5.69 Å². The van der Waals surface area contributed by atoms with Crippen LogP contribution in [0.4, 0.5) is 11.4 Å². The van der Waals surface area contributed by atoms with Gasteiger partial charge in [0, 0.05) is 24.8 Å². The molecule has 0 aliphatic carbocycles. The normalized spacial score (nSPS) is 22.6. The van der Waals surface area contributed by atoms with Crippen LogP contribution in [0.1, 0.15) is 24.2 Å². The molecule has 0 bridgehead atoms. The Morgan fingerprint density at radius 2 is 2.00 bits per heavy atom. The first kappa shape index (κ1) is 14.3. The zero-order valence-electron chi connectivity index (χ0n) is 11.3. The van der Waals surface area contributed by atoms with Crippen molar-refractivity contribution in [3.63, 3.8) is 0 Å². The smallest absolute Gasteiger partial charge is 0.342 e. The zero-order valence-corrected chi connectivity index (χ0v) is 11.3. The van der Waals surface area contributed by atoms with Crippen LogP contribution < -0.4 is 4.90 Å². The number of carboxylic acid groups (broad SMARTS) is 1. The van der Waals surface area contributed by atoms with E-state index in [9.17, 15) is 14.9 Å². The fourth-order valence-electron chi connectivity index (χ4n) is 2.44. The number of aromatic carboxylic acids is 1. The molecule has 1 aliphatic heterocycles. The molecule has 20 heavy (non-hydrogen) atoms. The largest absolute Gasteiger partial charge is 0.477 e. The lowest BCUT2D eigenvalue weighted by molar-refractivity contribution is -0.385. The van der Waals surface area contributed by atoms with Gasteiger partial charge in [-0.05, 0) is 26.0 Å². The Morgan fingerprint density at radius 1 is 1.40 bits per heavy atom. The summed E-state index contributed by atoms with van der Waals surface area (Å²) in [7, 11) is 0. The van der Waals surface area contributed by atoms with Gasteiger partial charge in [-0.2, -0.15) is 0 Å². The van der Waals surface area contributed by atoms with Crippen LogP contribution in [0.25, 0.3) is 0 Å². The predicted octanol–water partition coefficient (Wildman–Crippen LogP) is 1.91. The van der Waals surface area contributed by atoms with Crippen LogP contribution in [0.2, 0.25) is 0 Å². The van der Waals surface area contributed by atoms with Crippen molar-refractivity contribution in [2.24, 2.45) is 0 Å². The summed E-state index contributed by atoms with van der Waals surface area (Å²) in [5.41, 5.74) is -0.0430. The fourth-order valence-corrected chi connectivity index (χ4v) is 2.44. The minimum Gasteiger partial charge on any atom is -0.477 e. The van der Waals surface area contributed by atoms with Gasteiger partial charge in [0.15, 0.2) is 0 Å². The Labute approximate surface area is 115 Å². The molecule has 0 aromatic heterocycles. The molecule has 0 spiro atoms. The van der Waals surface area contributed by atoms with Crippen LogP contribution in [-0.2, 0) is 4.74 Å². The number of carboxylic acids is 1. The summed E-state index contributed by atoms with van der Waals surface area (Å²) in [6, 6.07) is 4.19. The van der Waals surface area contributed by atoms with E-state index >= 15 is 0 Å². The van der Waals surface area contributed by atoms with E-state index in [0.717, 1.165) is 0 Å². The Kier molecular flexibility index (Phi) is 3.89. The van der Waals surface area contributed by atoms with Crippen molar-refractivity contribution in [1.82, 2.24) is 0 Å². The third-order valence-corrected chi connectivity index (χ3v) is 3.19. The van der Waals surface area contributed by atoms with Crippen molar-refractivity contribution in [2.45, 2.75) is 26.1 Å². The number of nitrogens with zero attached hydrogens (tertiary/aromatic N) is 2. The monoisotopic (exact) mass is 280 g/mol. The molecule has 1 N–H and O–H groups in total. The van der Waals surface area contributed by atoms with E-state index in [1.165, 1.54) is 12.1 Å². The Bertz CT molecular complexity index is 536. The quantitative estimate of drug-likeness (QED) is 0.671. The highest BCUT2D eigenvalue weighted by Crippen LogP contribution is 2.27. The average Bonchev–Trinajstić information content (AvgIpc) is 2.36. The second-order valence-corrected chi connectivity index (χ2v) is 4.93. The van der Waals surface area contributed by atoms with E-state index in [1.807, 2.05) is 18.7 Å². The lowest BCUT2D eigenvalue weighted by atomic mass is 10.1. The van der Waals surface area contributed by atoms with Crippen LogP contribution in [0.3, 0.4) is 0 Å². The second kappa shape index (κ2) is 5.46. The molecule has 7 nitrogen and oxygen atoms in total. The van der Waals surface area contributed by atoms with Gasteiger partial charge in [-0.3, -0.25) is 10.1 Å². The number of nitro groups is 1. The average molecular weight is 280 g/mol. The van der Waals surface area contributed by atoms with Crippen molar-refractivity contribution < 1.29 is 19.6 Å². The molecule has 108 valence electrons. The highest BCUT2D eigenvalue weighted by Gasteiger charge is 2.26. The van der Waals surface area contributed by atoms with E-state index < -0.39 is 10.9 Å². The van der Waals surface area contributed by atoms with Gasteiger partial charge in [0.2, 0.25) is 0 Å². The van der Waals surface area contributed by atoms with Crippen LogP contribution in [0, 0.1) is 10.1 Å². The standard InChI is InChI=1S/C13H16N2O5/c1-8-6-14(7-9(2)20-8)10-3-4-11(13(16)17)12(5-10)15(18)19/h3-5,8-9H,6-7H2,1-2H3,(H,16,17). The van der Waals surface area contributed by atoms with E-state index in [-0.39, 0.29) is 23.5 Å². The summed E-state index contributed by atoms with van der Waals surface area (Å²) >= 11 is 0. The SMILES string of the molecule is CC1CN(c2ccc(C(=O)O)c([N+](=O)[O-])c2)CC(C)O1. The van der Waals surface area contributed by atoms with Gasteiger partial charge in [0.1, 0.15) is 5.56 Å². The Hall–Kier alpha value is -2.15. The van der Waals surface area contributed by atoms with Crippen LogP contribution in [-0.4, -0.2) is 41.3 Å². The lowest BCUT2D eigenvalue weighted by Gasteiger charge is -2.36. The number of anilines is 1. The molecule has 1 heterocycles. The number of ether oxygens (including phenoxy) is 1. The highest BCUT2D eigenvalue weighted by atomic mass is 16.6. The minimum absolute atomic E-state index is 0.0250. The van der Waals surface area contributed by atoms with Gasteiger partial charge in [0.05, 0.1) is 17.1 Å². The highest BCUT2D eigenvalue weighted by molar-refractivity contribution is 5.93. The number of benzene rings is 1. The maximum Gasteiger partial charge on any atom is 0.342 e. The van der Waals surface area contributed by atoms with E-state index in [1.54, 1.807) is 6.07 Å². The summed E-state index contributed by atoms with van der Waals surface area (Å²) in [4.78, 5) is 23.3. The maximum absolute atomic E-state index is 11.0. The first-order valence-electron chi connectivity index (χ1n) is 6.30. The molecule has 0 amide bonds. The van der Waals surface area contributed by atoms with E-state index in [4.69, 9.17) is 9.84 Å². The molecule has 2 atom stereocenters. The molecule has 2 unspecified atom stereocenters. The van der Waals surface area contributed by atoms with Crippen molar-refractivity contribution in [3.8, 4) is 0 Å². The molecular formula is C13H16N2O5. The summed E-state index contributed by atoms with van der Waals surface area (Å²) in [6.07, 6.45) is 0.0499. The molecule has 1 aromatic rings. The summed E-state index contributed by atoms with van der Waals surface area (Å²) in [5, 5.41) is 20.0. The Balaban J connectivity index is 2.36. The van der Waals surface area contributed by atoms with Gasteiger partial charge in [-0.1, -0.05) is 0 Å². The maximum atomic E-state index is 11.0. The minimum atomic E-state index is -1.30. The van der Waals surface area contributed by atoms with Crippen molar-refractivity contribution in [3.05, 3.63) is 33.9 Å². The molecule has 1 aliphatic rings. The Morgan fingerprint density at radius 3 is 2.50 bits per heavy atom. The van der Waals surface area contributed by atoms with Crippen LogP contribution in [0.15, 0.2) is 18.2 Å². The number of hydrogen-bond donors (Lipinski definition) is 1. The van der Waals surface area contributed by atoms with Gasteiger partial charge in [-0.15, -0.1) is 0 Å².